The lowest BCUT2D eigenvalue weighted by molar-refractivity contribution is -0.121. The Bertz CT molecular complexity index is 390. The minimum absolute atomic E-state index is 0.110. The van der Waals surface area contributed by atoms with Crippen LogP contribution < -0.4 is 10.6 Å². The highest BCUT2D eigenvalue weighted by molar-refractivity contribution is 9.10. The molecular formula is C15H23BrN2O. The predicted molar refractivity (Wildman–Crippen MR) is 83.2 cm³/mol. The molecule has 0 saturated heterocycles. The van der Waals surface area contributed by atoms with Crippen molar-refractivity contribution in [1.82, 2.24) is 10.6 Å². The Kier molecular flexibility index (Phi) is 7.10. The molecule has 2 N–H and O–H groups in total. The fraction of sp³-hybridized carbons (Fsp3) is 0.533. The molecule has 1 unspecified atom stereocenters. The van der Waals surface area contributed by atoms with Gasteiger partial charge in [0.05, 0.1) is 0 Å². The fourth-order valence-corrected chi connectivity index (χ4v) is 2.14. The first-order valence-electron chi connectivity index (χ1n) is 6.74. The molecule has 1 aromatic carbocycles. The van der Waals surface area contributed by atoms with Crippen LogP contribution in [-0.4, -0.2) is 24.5 Å². The summed E-state index contributed by atoms with van der Waals surface area (Å²) >= 11 is 3.43. The number of nitrogens with one attached hydrogen (secondary N) is 2. The summed E-state index contributed by atoms with van der Waals surface area (Å²) in [5.41, 5.74) is 1.30. The Morgan fingerprint density at radius 2 is 1.84 bits per heavy atom. The van der Waals surface area contributed by atoms with Crippen molar-refractivity contribution in [3.05, 3.63) is 34.3 Å². The average Bonchev–Trinajstić information content (AvgIpc) is 2.31. The second kappa shape index (κ2) is 8.33. The molecular weight excluding hydrogens is 304 g/mol. The quantitative estimate of drug-likeness (QED) is 0.808. The predicted octanol–water partition coefficient (Wildman–Crippen LogP) is 2.88. The van der Waals surface area contributed by atoms with Crippen molar-refractivity contribution in [2.45, 2.75) is 45.7 Å². The summed E-state index contributed by atoms with van der Waals surface area (Å²) in [4.78, 5) is 11.5. The normalized spacial score (nSPS) is 12.5. The standard InChI is InChI=1S/C15H23BrN2O/c1-11(2)18-15(19)8-9-17-12(3)10-13-4-6-14(16)7-5-13/h4-7,11-12,17H,8-10H2,1-3H3,(H,18,19). The van der Waals surface area contributed by atoms with E-state index in [1.807, 2.05) is 13.8 Å². The maximum absolute atomic E-state index is 11.5. The van der Waals surface area contributed by atoms with Crippen LogP contribution in [-0.2, 0) is 11.2 Å². The van der Waals surface area contributed by atoms with E-state index in [-0.39, 0.29) is 11.9 Å². The molecule has 0 aliphatic carbocycles. The molecule has 0 bridgehead atoms. The molecule has 1 rings (SSSR count). The topological polar surface area (TPSA) is 41.1 Å². The molecule has 3 nitrogen and oxygen atoms in total. The summed E-state index contributed by atoms with van der Waals surface area (Å²) in [6, 6.07) is 8.93. The minimum Gasteiger partial charge on any atom is -0.354 e. The molecule has 4 heteroatoms. The van der Waals surface area contributed by atoms with Crippen LogP contribution in [0, 0.1) is 0 Å². The van der Waals surface area contributed by atoms with Crippen molar-refractivity contribution in [3.63, 3.8) is 0 Å². The molecule has 1 aromatic rings. The molecule has 0 saturated carbocycles. The van der Waals surface area contributed by atoms with E-state index in [1.54, 1.807) is 0 Å². The Labute approximate surface area is 124 Å². The van der Waals surface area contributed by atoms with Crippen molar-refractivity contribution < 1.29 is 4.79 Å². The molecule has 1 amide bonds. The fourth-order valence-electron chi connectivity index (χ4n) is 1.87. The molecule has 0 heterocycles. The van der Waals surface area contributed by atoms with Crippen LogP contribution in [0.25, 0.3) is 0 Å². The van der Waals surface area contributed by atoms with Gasteiger partial charge in [0.25, 0.3) is 0 Å². The maximum atomic E-state index is 11.5. The van der Waals surface area contributed by atoms with Gasteiger partial charge in [-0.2, -0.15) is 0 Å². The third-order valence-electron chi connectivity index (χ3n) is 2.75. The Morgan fingerprint density at radius 1 is 1.21 bits per heavy atom. The van der Waals surface area contributed by atoms with Crippen molar-refractivity contribution in [2.75, 3.05) is 6.54 Å². The van der Waals surface area contributed by atoms with Gasteiger partial charge in [-0.15, -0.1) is 0 Å². The van der Waals surface area contributed by atoms with Gasteiger partial charge in [0.2, 0.25) is 5.91 Å². The number of hydrogen-bond donors (Lipinski definition) is 2. The van der Waals surface area contributed by atoms with E-state index in [4.69, 9.17) is 0 Å². The first-order chi connectivity index (χ1) is 8.97. The SMILES string of the molecule is CC(C)NC(=O)CCNC(C)Cc1ccc(Br)cc1. The lowest BCUT2D eigenvalue weighted by atomic mass is 10.1. The highest BCUT2D eigenvalue weighted by Crippen LogP contribution is 2.11. The van der Waals surface area contributed by atoms with Gasteiger partial charge in [0, 0.05) is 29.5 Å². The maximum Gasteiger partial charge on any atom is 0.221 e. The number of carbonyl (C=O) groups excluding carboxylic acids is 1. The van der Waals surface area contributed by atoms with Crippen molar-refractivity contribution >= 4 is 21.8 Å². The minimum atomic E-state index is 0.110. The van der Waals surface area contributed by atoms with Crippen LogP contribution in [0.3, 0.4) is 0 Å². The first kappa shape index (κ1) is 16.2. The van der Waals surface area contributed by atoms with Crippen LogP contribution in [0.1, 0.15) is 32.8 Å². The van der Waals surface area contributed by atoms with Crippen LogP contribution in [0.4, 0.5) is 0 Å². The zero-order chi connectivity index (χ0) is 14.3. The zero-order valence-corrected chi connectivity index (χ0v) is 13.5. The summed E-state index contributed by atoms with van der Waals surface area (Å²) < 4.78 is 1.10. The molecule has 0 radical (unpaired) electrons. The van der Waals surface area contributed by atoms with Crippen LogP contribution in [0.15, 0.2) is 28.7 Å². The highest BCUT2D eigenvalue weighted by atomic mass is 79.9. The average molecular weight is 327 g/mol. The Hall–Kier alpha value is -0.870. The van der Waals surface area contributed by atoms with Crippen molar-refractivity contribution in [1.29, 1.82) is 0 Å². The Morgan fingerprint density at radius 3 is 2.42 bits per heavy atom. The van der Waals surface area contributed by atoms with Gasteiger partial charge >= 0.3 is 0 Å². The molecule has 19 heavy (non-hydrogen) atoms. The smallest absolute Gasteiger partial charge is 0.221 e. The number of benzene rings is 1. The van der Waals surface area contributed by atoms with Gasteiger partial charge in [0.1, 0.15) is 0 Å². The van der Waals surface area contributed by atoms with Crippen LogP contribution in [0.5, 0.6) is 0 Å². The van der Waals surface area contributed by atoms with E-state index in [2.05, 4.69) is 57.8 Å². The number of halogens is 1. The van der Waals surface area contributed by atoms with Gasteiger partial charge in [0.15, 0.2) is 0 Å². The molecule has 1 atom stereocenters. The van der Waals surface area contributed by atoms with E-state index in [0.29, 0.717) is 12.5 Å². The summed E-state index contributed by atoms with van der Waals surface area (Å²) in [6.07, 6.45) is 1.50. The van der Waals surface area contributed by atoms with Crippen LogP contribution >= 0.6 is 15.9 Å². The summed E-state index contributed by atoms with van der Waals surface area (Å²) in [5.74, 6) is 0.110. The molecule has 0 aliphatic heterocycles. The van der Waals surface area contributed by atoms with E-state index in [0.717, 1.165) is 17.4 Å². The van der Waals surface area contributed by atoms with E-state index in [9.17, 15) is 4.79 Å². The molecule has 0 aromatic heterocycles. The number of hydrogen-bond acceptors (Lipinski definition) is 2. The van der Waals surface area contributed by atoms with Crippen molar-refractivity contribution in [2.24, 2.45) is 0 Å². The summed E-state index contributed by atoms with van der Waals surface area (Å²) in [7, 11) is 0. The largest absolute Gasteiger partial charge is 0.354 e. The lowest BCUT2D eigenvalue weighted by Crippen LogP contribution is -2.35. The molecule has 0 aliphatic rings. The second-order valence-electron chi connectivity index (χ2n) is 5.16. The van der Waals surface area contributed by atoms with E-state index in [1.165, 1.54) is 5.56 Å². The summed E-state index contributed by atoms with van der Waals surface area (Å²) in [6.45, 7) is 6.81. The summed E-state index contributed by atoms with van der Waals surface area (Å²) in [5, 5.41) is 6.27. The number of carbonyl (C=O) groups is 1. The molecule has 0 spiro atoms. The second-order valence-corrected chi connectivity index (χ2v) is 6.07. The van der Waals surface area contributed by atoms with Gasteiger partial charge in [-0.25, -0.2) is 0 Å². The molecule has 106 valence electrons. The van der Waals surface area contributed by atoms with E-state index >= 15 is 0 Å². The Balaban J connectivity index is 2.22. The van der Waals surface area contributed by atoms with Crippen LogP contribution in [0.2, 0.25) is 0 Å². The lowest BCUT2D eigenvalue weighted by Gasteiger charge is -2.14. The zero-order valence-electron chi connectivity index (χ0n) is 11.9. The first-order valence-corrected chi connectivity index (χ1v) is 7.54. The van der Waals surface area contributed by atoms with E-state index < -0.39 is 0 Å². The monoisotopic (exact) mass is 326 g/mol. The van der Waals surface area contributed by atoms with Gasteiger partial charge < -0.3 is 10.6 Å². The van der Waals surface area contributed by atoms with Gasteiger partial charge in [-0.3, -0.25) is 4.79 Å². The van der Waals surface area contributed by atoms with Gasteiger partial charge in [-0.1, -0.05) is 28.1 Å². The van der Waals surface area contributed by atoms with Gasteiger partial charge in [-0.05, 0) is 44.9 Å². The van der Waals surface area contributed by atoms with Crippen molar-refractivity contribution in [3.8, 4) is 0 Å². The third-order valence-corrected chi connectivity index (χ3v) is 3.28. The highest BCUT2D eigenvalue weighted by Gasteiger charge is 2.06. The third kappa shape index (κ3) is 7.33. The number of amides is 1. The molecule has 0 fully saturated rings. The number of rotatable bonds is 7.